The highest BCUT2D eigenvalue weighted by Crippen LogP contribution is 2.36. The van der Waals surface area contributed by atoms with Crippen LogP contribution in [0.15, 0.2) is 16.8 Å². The number of rotatable bonds is 4. The van der Waals surface area contributed by atoms with Gasteiger partial charge in [0.05, 0.1) is 6.04 Å². The fourth-order valence-electron chi connectivity index (χ4n) is 3.83. The van der Waals surface area contributed by atoms with Crippen LogP contribution in [0.5, 0.6) is 0 Å². The standard InChI is InChI=1S/C18H25N5O/c1-12(2)18-21-17(22-24-18)14-8-5-11-23(14)15-9-10-19-16(20-15)13-6-3-4-7-13/h9-10,12-14H,3-8,11H2,1-2H3/t14-/m1/s1. The number of nitrogens with zero attached hydrogens (tertiary/aromatic N) is 5. The Balaban J connectivity index is 1.59. The molecule has 1 saturated carbocycles. The van der Waals surface area contributed by atoms with E-state index < -0.39 is 0 Å². The summed E-state index contributed by atoms with van der Waals surface area (Å²) < 4.78 is 5.41. The maximum absolute atomic E-state index is 5.41. The van der Waals surface area contributed by atoms with E-state index in [0.29, 0.717) is 11.8 Å². The normalized spacial score (nSPS) is 22.0. The second-order valence-corrected chi connectivity index (χ2v) is 7.25. The van der Waals surface area contributed by atoms with Gasteiger partial charge in [0.1, 0.15) is 11.6 Å². The van der Waals surface area contributed by atoms with Gasteiger partial charge in [-0.25, -0.2) is 9.97 Å². The van der Waals surface area contributed by atoms with E-state index in [1.54, 1.807) is 0 Å². The molecule has 0 aromatic carbocycles. The molecule has 6 nitrogen and oxygen atoms in total. The van der Waals surface area contributed by atoms with E-state index in [1.165, 1.54) is 25.7 Å². The monoisotopic (exact) mass is 327 g/mol. The first-order valence-corrected chi connectivity index (χ1v) is 9.15. The van der Waals surface area contributed by atoms with Crippen LogP contribution in [0.2, 0.25) is 0 Å². The van der Waals surface area contributed by atoms with Gasteiger partial charge in [-0.3, -0.25) is 0 Å². The summed E-state index contributed by atoms with van der Waals surface area (Å²) in [6.45, 7) is 5.13. The molecule has 1 atom stereocenters. The van der Waals surface area contributed by atoms with Gasteiger partial charge in [-0.1, -0.05) is 31.8 Å². The fourth-order valence-corrected chi connectivity index (χ4v) is 3.83. The average molecular weight is 327 g/mol. The number of anilines is 1. The molecule has 3 heterocycles. The Morgan fingerprint density at radius 1 is 1.08 bits per heavy atom. The Kier molecular flexibility index (Phi) is 4.21. The Morgan fingerprint density at radius 2 is 1.92 bits per heavy atom. The Labute approximate surface area is 142 Å². The van der Waals surface area contributed by atoms with Gasteiger partial charge in [0.25, 0.3) is 0 Å². The molecular formula is C18H25N5O. The average Bonchev–Trinajstić information content (AvgIpc) is 3.34. The van der Waals surface area contributed by atoms with E-state index in [2.05, 4.69) is 33.9 Å². The molecule has 0 spiro atoms. The fraction of sp³-hybridized carbons (Fsp3) is 0.667. The van der Waals surface area contributed by atoms with Crippen LogP contribution in [-0.4, -0.2) is 26.7 Å². The predicted octanol–water partition coefficient (Wildman–Crippen LogP) is 3.98. The minimum atomic E-state index is 0.160. The summed E-state index contributed by atoms with van der Waals surface area (Å²) in [6.07, 6.45) is 9.10. The van der Waals surface area contributed by atoms with E-state index in [0.717, 1.165) is 36.9 Å². The molecule has 1 aliphatic carbocycles. The molecule has 0 N–H and O–H groups in total. The third-order valence-corrected chi connectivity index (χ3v) is 5.18. The minimum absolute atomic E-state index is 0.160. The lowest BCUT2D eigenvalue weighted by atomic mass is 10.1. The van der Waals surface area contributed by atoms with Crippen molar-refractivity contribution in [1.29, 1.82) is 0 Å². The largest absolute Gasteiger partial charge is 0.346 e. The van der Waals surface area contributed by atoms with Gasteiger partial charge >= 0.3 is 0 Å². The molecule has 1 aliphatic heterocycles. The van der Waals surface area contributed by atoms with Gasteiger partial charge in [-0.05, 0) is 31.7 Å². The van der Waals surface area contributed by atoms with Gasteiger partial charge in [-0.2, -0.15) is 4.98 Å². The summed E-state index contributed by atoms with van der Waals surface area (Å²) in [5, 5.41) is 4.22. The molecule has 128 valence electrons. The van der Waals surface area contributed by atoms with Crippen molar-refractivity contribution in [3.05, 3.63) is 29.8 Å². The van der Waals surface area contributed by atoms with Crippen molar-refractivity contribution < 1.29 is 4.52 Å². The first kappa shape index (κ1) is 15.5. The Morgan fingerprint density at radius 3 is 2.67 bits per heavy atom. The zero-order valence-electron chi connectivity index (χ0n) is 14.5. The van der Waals surface area contributed by atoms with Crippen LogP contribution in [0, 0.1) is 0 Å². The van der Waals surface area contributed by atoms with Crippen molar-refractivity contribution in [2.24, 2.45) is 0 Å². The summed E-state index contributed by atoms with van der Waals surface area (Å²) in [5.41, 5.74) is 0. The molecule has 6 heteroatoms. The molecule has 0 radical (unpaired) electrons. The van der Waals surface area contributed by atoms with Crippen molar-refractivity contribution in [1.82, 2.24) is 20.1 Å². The lowest BCUT2D eigenvalue weighted by Gasteiger charge is -2.24. The zero-order valence-corrected chi connectivity index (χ0v) is 14.5. The first-order valence-electron chi connectivity index (χ1n) is 9.15. The molecule has 2 aromatic heterocycles. The van der Waals surface area contributed by atoms with Crippen molar-refractivity contribution in [3.8, 4) is 0 Å². The first-order chi connectivity index (χ1) is 11.7. The zero-order chi connectivity index (χ0) is 16.5. The molecule has 2 fully saturated rings. The van der Waals surface area contributed by atoms with Crippen LogP contribution in [0.4, 0.5) is 5.82 Å². The van der Waals surface area contributed by atoms with Crippen molar-refractivity contribution in [2.45, 2.75) is 70.3 Å². The van der Waals surface area contributed by atoms with E-state index in [4.69, 9.17) is 9.51 Å². The second-order valence-electron chi connectivity index (χ2n) is 7.25. The van der Waals surface area contributed by atoms with Crippen LogP contribution >= 0.6 is 0 Å². The van der Waals surface area contributed by atoms with E-state index in [9.17, 15) is 0 Å². The molecule has 0 unspecified atom stereocenters. The smallest absolute Gasteiger partial charge is 0.229 e. The van der Waals surface area contributed by atoms with Crippen LogP contribution < -0.4 is 4.90 Å². The third kappa shape index (κ3) is 2.89. The van der Waals surface area contributed by atoms with Crippen molar-refractivity contribution in [3.63, 3.8) is 0 Å². The minimum Gasteiger partial charge on any atom is -0.346 e. The number of hydrogen-bond acceptors (Lipinski definition) is 6. The summed E-state index contributed by atoms with van der Waals surface area (Å²) in [4.78, 5) is 16.3. The van der Waals surface area contributed by atoms with Crippen LogP contribution in [0.25, 0.3) is 0 Å². The molecule has 2 aliphatic rings. The van der Waals surface area contributed by atoms with Crippen LogP contribution in [0.3, 0.4) is 0 Å². The molecule has 4 rings (SSSR count). The van der Waals surface area contributed by atoms with Crippen LogP contribution in [0.1, 0.15) is 87.8 Å². The van der Waals surface area contributed by atoms with E-state index >= 15 is 0 Å². The van der Waals surface area contributed by atoms with Crippen molar-refractivity contribution >= 4 is 5.82 Å². The molecule has 24 heavy (non-hydrogen) atoms. The second kappa shape index (κ2) is 6.49. The number of hydrogen-bond donors (Lipinski definition) is 0. The maximum atomic E-state index is 5.41. The molecule has 0 amide bonds. The Bertz CT molecular complexity index is 692. The highest BCUT2D eigenvalue weighted by Gasteiger charge is 2.32. The summed E-state index contributed by atoms with van der Waals surface area (Å²) >= 11 is 0. The quantitative estimate of drug-likeness (QED) is 0.846. The predicted molar refractivity (Wildman–Crippen MR) is 90.9 cm³/mol. The van der Waals surface area contributed by atoms with Gasteiger partial charge in [0.15, 0.2) is 5.82 Å². The molecular weight excluding hydrogens is 302 g/mol. The third-order valence-electron chi connectivity index (χ3n) is 5.18. The highest BCUT2D eigenvalue weighted by molar-refractivity contribution is 5.41. The van der Waals surface area contributed by atoms with Crippen LogP contribution in [-0.2, 0) is 0 Å². The molecule has 1 saturated heterocycles. The molecule has 2 aromatic rings. The summed E-state index contributed by atoms with van der Waals surface area (Å²) in [7, 11) is 0. The van der Waals surface area contributed by atoms with E-state index in [1.807, 2.05) is 12.3 Å². The molecule has 0 bridgehead atoms. The summed E-state index contributed by atoms with van der Waals surface area (Å²) in [5.74, 6) is 4.30. The lowest BCUT2D eigenvalue weighted by Crippen LogP contribution is -2.25. The Hall–Kier alpha value is -1.98. The van der Waals surface area contributed by atoms with Crippen molar-refractivity contribution in [2.75, 3.05) is 11.4 Å². The van der Waals surface area contributed by atoms with Gasteiger partial charge in [-0.15, -0.1) is 0 Å². The summed E-state index contributed by atoms with van der Waals surface area (Å²) in [6, 6.07) is 2.17. The van der Waals surface area contributed by atoms with Gasteiger partial charge < -0.3 is 9.42 Å². The van der Waals surface area contributed by atoms with Gasteiger partial charge in [0, 0.05) is 24.6 Å². The SMILES string of the molecule is CC(C)c1nc([C@H]2CCCN2c2ccnc(C3CCCC3)n2)no1. The van der Waals surface area contributed by atoms with E-state index in [-0.39, 0.29) is 12.0 Å². The highest BCUT2D eigenvalue weighted by atomic mass is 16.5. The van der Waals surface area contributed by atoms with Gasteiger partial charge in [0.2, 0.25) is 5.89 Å². The topological polar surface area (TPSA) is 67.9 Å². The maximum Gasteiger partial charge on any atom is 0.229 e. The lowest BCUT2D eigenvalue weighted by molar-refractivity contribution is 0.358. The number of aromatic nitrogens is 4.